The van der Waals surface area contributed by atoms with Gasteiger partial charge in [0, 0.05) is 10.6 Å². The lowest BCUT2D eigenvalue weighted by Gasteiger charge is -2.05. The molecule has 0 atom stereocenters. The fraction of sp³-hybridized carbons (Fsp3) is 0.100. The van der Waals surface area contributed by atoms with Crippen LogP contribution in [0.25, 0.3) is 0 Å². The fourth-order valence-corrected chi connectivity index (χ4v) is 1.97. The number of amides is 1. The Kier molecular flexibility index (Phi) is 4.12. The number of carbonyl (C=O) groups excluding carboxylic acids is 1. The summed E-state index contributed by atoms with van der Waals surface area (Å²) in [5.41, 5.74) is 0.0803. The van der Waals surface area contributed by atoms with E-state index in [9.17, 15) is 13.2 Å². The van der Waals surface area contributed by atoms with Gasteiger partial charge >= 0.3 is 0 Å². The van der Waals surface area contributed by atoms with Crippen molar-refractivity contribution in [2.75, 3.05) is 6.54 Å². The average molecular weight is 273 g/mol. The molecule has 5 nitrogen and oxygen atoms in total. The van der Waals surface area contributed by atoms with Crippen molar-refractivity contribution in [1.29, 1.82) is 0 Å². The lowest BCUT2D eigenvalue weighted by atomic mass is 10.2. The summed E-state index contributed by atoms with van der Waals surface area (Å²) in [6, 6.07) is 3.62. The Morgan fingerprint density at radius 2 is 2.12 bits per heavy atom. The number of hydrogen-bond acceptors (Lipinski definition) is 3. The minimum atomic E-state index is -3.91. The highest BCUT2D eigenvalue weighted by atomic mass is 35.5. The van der Waals surface area contributed by atoms with E-state index < -0.39 is 15.9 Å². The smallest absolute Gasteiger partial charge is 0.252 e. The van der Waals surface area contributed by atoms with Crippen LogP contribution in [0, 0.1) is 12.3 Å². The summed E-state index contributed by atoms with van der Waals surface area (Å²) in [5.74, 6) is 1.70. The molecule has 0 saturated carbocycles. The zero-order valence-corrected chi connectivity index (χ0v) is 10.2. The molecule has 0 aromatic heterocycles. The van der Waals surface area contributed by atoms with E-state index in [-0.39, 0.29) is 22.0 Å². The highest BCUT2D eigenvalue weighted by Gasteiger charge is 2.13. The molecule has 0 aliphatic heterocycles. The first-order chi connectivity index (χ1) is 7.84. The van der Waals surface area contributed by atoms with Gasteiger partial charge in [0.2, 0.25) is 10.0 Å². The van der Waals surface area contributed by atoms with Crippen LogP contribution in [-0.2, 0) is 10.0 Å². The van der Waals surface area contributed by atoms with Gasteiger partial charge in [-0.3, -0.25) is 4.79 Å². The van der Waals surface area contributed by atoms with Crippen LogP contribution >= 0.6 is 11.6 Å². The SMILES string of the molecule is C#CCNC(=O)c1cc(Cl)cc(S(N)(=O)=O)c1. The van der Waals surface area contributed by atoms with Gasteiger partial charge in [0.25, 0.3) is 5.91 Å². The summed E-state index contributed by atoms with van der Waals surface area (Å²) < 4.78 is 22.3. The number of terminal acetylenes is 1. The van der Waals surface area contributed by atoms with E-state index in [4.69, 9.17) is 23.2 Å². The Morgan fingerprint density at radius 1 is 1.47 bits per heavy atom. The maximum atomic E-state index is 11.5. The fourth-order valence-electron chi connectivity index (χ4n) is 1.09. The maximum Gasteiger partial charge on any atom is 0.252 e. The van der Waals surface area contributed by atoms with Crippen LogP contribution in [0.5, 0.6) is 0 Å². The molecule has 0 saturated heterocycles. The molecule has 17 heavy (non-hydrogen) atoms. The van der Waals surface area contributed by atoms with Crippen LogP contribution in [0.1, 0.15) is 10.4 Å². The number of halogens is 1. The highest BCUT2D eigenvalue weighted by Crippen LogP contribution is 2.18. The number of sulfonamides is 1. The molecule has 0 bridgehead atoms. The third-order valence-corrected chi connectivity index (χ3v) is 2.92. The molecule has 0 unspecified atom stereocenters. The van der Waals surface area contributed by atoms with Gasteiger partial charge in [0.15, 0.2) is 0 Å². The summed E-state index contributed by atoms with van der Waals surface area (Å²) in [4.78, 5) is 11.3. The standard InChI is InChI=1S/C10H9ClN2O3S/c1-2-3-13-10(14)7-4-8(11)6-9(5-7)17(12,15)16/h1,4-6H,3H2,(H,13,14)(H2,12,15,16). The lowest BCUT2D eigenvalue weighted by molar-refractivity contribution is 0.0958. The number of carbonyl (C=O) groups is 1. The minimum Gasteiger partial charge on any atom is -0.341 e. The molecular weight excluding hydrogens is 264 g/mol. The molecule has 0 aliphatic rings. The second-order valence-corrected chi connectivity index (χ2v) is 5.11. The van der Waals surface area contributed by atoms with Crippen LogP contribution in [0.2, 0.25) is 5.02 Å². The van der Waals surface area contributed by atoms with Crippen LogP contribution in [0.15, 0.2) is 23.1 Å². The van der Waals surface area contributed by atoms with Gasteiger partial charge in [0.05, 0.1) is 11.4 Å². The summed E-state index contributed by atoms with van der Waals surface area (Å²) in [6.45, 7) is 0.0378. The Bertz CT molecular complexity index is 590. The van der Waals surface area contributed by atoms with E-state index in [2.05, 4.69) is 11.2 Å². The van der Waals surface area contributed by atoms with Crippen molar-refractivity contribution in [3.63, 3.8) is 0 Å². The quantitative estimate of drug-likeness (QED) is 0.778. The van der Waals surface area contributed by atoms with Crippen molar-refractivity contribution < 1.29 is 13.2 Å². The van der Waals surface area contributed by atoms with E-state index in [1.165, 1.54) is 6.07 Å². The molecule has 1 aromatic carbocycles. The Labute approximate surface area is 104 Å². The number of benzene rings is 1. The van der Waals surface area contributed by atoms with Crippen molar-refractivity contribution in [1.82, 2.24) is 5.32 Å². The van der Waals surface area contributed by atoms with Crippen LogP contribution in [0.4, 0.5) is 0 Å². The van der Waals surface area contributed by atoms with Crippen LogP contribution < -0.4 is 10.5 Å². The molecule has 0 radical (unpaired) electrons. The highest BCUT2D eigenvalue weighted by molar-refractivity contribution is 7.89. The van der Waals surface area contributed by atoms with Crippen LogP contribution in [-0.4, -0.2) is 20.9 Å². The third kappa shape index (κ3) is 3.75. The monoisotopic (exact) mass is 272 g/mol. The van der Waals surface area contributed by atoms with E-state index in [0.29, 0.717) is 0 Å². The normalized spacial score (nSPS) is 10.6. The molecule has 90 valence electrons. The Morgan fingerprint density at radius 3 is 2.65 bits per heavy atom. The second-order valence-electron chi connectivity index (χ2n) is 3.11. The number of nitrogens with one attached hydrogen (secondary N) is 1. The van der Waals surface area contributed by atoms with Gasteiger partial charge in [-0.2, -0.15) is 0 Å². The summed E-state index contributed by atoms with van der Waals surface area (Å²) in [7, 11) is -3.91. The van der Waals surface area contributed by atoms with Gasteiger partial charge in [0.1, 0.15) is 0 Å². The largest absolute Gasteiger partial charge is 0.341 e. The molecule has 1 aromatic rings. The van der Waals surface area contributed by atoms with Crippen molar-refractivity contribution in [3.05, 3.63) is 28.8 Å². The molecule has 3 N–H and O–H groups in total. The molecule has 1 rings (SSSR count). The van der Waals surface area contributed by atoms with Gasteiger partial charge in [-0.05, 0) is 18.2 Å². The van der Waals surface area contributed by atoms with E-state index in [1.54, 1.807) is 0 Å². The second kappa shape index (κ2) is 5.19. The van der Waals surface area contributed by atoms with E-state index >= 15 is 0 Å². The van der Waals surface area contributed by atoms with Crippen molar-refractivity contribution in [2.24, 2.45) is 5.14 Å². The topological polar surface area (TPSA) is 89.3 Å². The number of nitrogens with two attached hydrogens (primary N) is 1. The first-order valence-electron chi connectivity index (χ1n) is 4.39. The molecule has 0 spiro atoms. The number of rotatable bonds is 3. The predicted molar refractivity (Wildman–Crippen MR) is 64.0 cm³/mol. The van der Waals surface area contributed by atoms with Crippen molar-refractivity contribution >= 4 is 27.5 Å². The van der Waals surface area contributed by atoms with Crippen LogP contribution in [0.3, 0.4) is 0 Å². The molecule has 0 aliphatic carbocycles. The molecular formula is C10H9ClN2O3S. The average Bonchev–Trinajstić information content (AvgIpc) is 2.23. The maximum absolute atomic E-state index is 11.5. The first-order valence-corrected chi connectivity index (χ1v) is 6.32. The van der Waals surface area contributed by atoms with Gasteiger partial charge < -0.3 is 5.32 Å². The minimum absolute atomic E-state index is 0.0378. The zero-order valence-electron chi connectivity index (χ0n) is 8.60. The van der Waals surface area contributed by atoms with Gasteiger partial charge in [-0.1, -0.05) is 17.5 Å². The molecule has 0 fully saturated rings. The van der Waals surface area contributed by atoms with Gasteiger partial charge in [-0.25, -0.2) is 13.6 Å². The summed E-state index contributed by atoms with van der Waals surface area (Å²) in [5, 5.41) is 7.43. The Balaban J connectivity index is 3.15. The summed E-state index contributed by atoms with van der Waals surface area (Å²) >= 11 is 5.69. The zero-order chi connectivity index (χ0) is 13.1. The predicted octanol–water partition coefficient (Wildman–Crippen LogP) is 0.350. The molecule has 7 heteroatoms. The summed E-state index contributed by atoms with van der Waals surface area (Å²) in [6.07, 6.45) is 4.98. The van der Waals surface area contributed by atoms with E-state index in [1.807, 2.05) is 0 Å². The Hall–Kier alpha value is -1.55. The molecule has 0 heterocycles. The first kappa shape index (κ1) is 13.5. The van der Waals surface area contributed by atoms with E-state index in [0.717, 1.165) is 12.1 Å². The lowest BCUT2D eigenvalue weighted by Crippen LogP contribution is -2.24. The molecule has 1 amide bonds. The number of primary sulfonamides is 1. The third-order valence-electron chi connectivity index (χ3n) is 1.81. The van der Waals surface area contributed by atoms with Crippen molar-refractivity contribution in [2.45, 2.75) is 4.90 Å². The number of hydrogen-bond donors (Lipinski definition) is 2. The van der Waals surface area contributed by atoms with Gasteiger partial charge in [-0.15, -0.1) is 6.42 Å². The van der Waals surface area contributed by atoms with Crippen molar-refractivity contribution in [3.8, 4) is 12.3 Å².